The molecule has 1 saturated carbocycles. The second kappa shape index (κ2) is 5.79. The fourth-order valence-corrected chi connectivity index (χ4v) is 2.62. The number of hydrogen-bond donors (Lipinski definition) is 2. The quantitative estimate of drug-likeness (QED) is 0.578. The molecule has 0 amide bonds. The van der Waals surface area contributed by atoms with Crippen molar-refractivity contribution in [2.75, 3.05) is 26.2 Å². The SMILES string of the molecule is CCN(CC)S(=O)(=O)NCCNC1CC1. The van der Waals surface area contributed by atoms with E-state index in [0.717, 1.165) is 0 Å². The predicted octanol–water partition coefficient (Wildman–Crippen LogP) is -0.0854. The van der Waals surface area contributed by atoms with E-state index >= 15 is 0 Å². The molecule has 1 aliphatic rings. The molecule has 0 spiro atoms. The van der Waals surface area contributed by atoms with Crippen molar-refractivity contribution in [2.24, 2.45) is 0 Å². The summed E-state index contributed by atoms with van der Waals surface area (Å²) in [4.78, 5) is 0. The summed E-state index contributed by atoms with van der Waals surface area (Å²) < 4.78 is 27.3. The van der Waals surface area contributed by atoms with Crippen LogP contribution in [0.25, 0.3) is 0 Å². The van der Waals surface area contributed by atoms with Crippen molar-refractivity contribution in [3.63, 3.8) is 0 Å². The van der Waals surface area contributed by atoms with Gasteiger partial charge in [-0.25, -0.2) is 4.72 Å². The van der Waals surface area contributed by atoms with Gasteiger partial charge in [0.25, 0.3) is 10.2 Å². The molecule has 0 aromatic rings. The third-order valence-corrected chi connectivity index (χ3v) is 4.23. The van der Waals surface area contributed by atoms with Crippen molar-refractivity contribution in [3.05, 3.63) is 0 Å². The first kappa shape index (κ1) is 12.9. The third kappa shape index (κ3) is 4.46. The third-order valence-electron chi connectivity index (χ3n) is 2.47. The van der Waals surface area contributed by atoms with Crippen molar-refractivity contribution in [1.82, 2.24) is 14.3 Å². The van der Waals surface area contributed by atoms with E-state index in [9.17, 15) is 8.42 Å². The lowest BCUT2D eigenvalue weighted by molar-refractivity contribution is 0.434. The summed E-state index contributed by atoms with van der Waals surface area (Å²) in [6.07, 6.45) is 2.45. The molecular formula is C9H21N3O2S. The Balaban J connectivity index is 2.21. The Hall–Kier alpha value is -0.170. The van der Waals surface area contributed by atoms with Crippen molar-refractivity contribution < 1.29 is 8.42 Å². The van der Waals surface area contributed by atoms with Crippen LogP contribution in [-0.4, -0.2) is 44.9 Å². The zero-order valence-corrected chi connectivity index (χ0v) is 10.3. The predicted molar refractivity (Wildman–Crippen MR) is 60.9 cm³/mol. The van der Waals surface area contributed by atoms with E-state index < -0.39 is 10.2 Å². The molecule has 0 radical (unpaired) electrons. The lowest BCUT2D eigenvalue weighted by Gasteiger charge is -2.18. The Morgan fingerprint density at radius 3 is 2.27 bits per heavy atom. The summed E-state index contributed by atoms with van der Waals surface area (Å²) in [5.74, 6) is 0. The first-order valence-corrected chi connectivity index (χ1v) is 7.02. The average molecular weight is 235 g/mol. The van der Waals surface area contributed by atoms with Gasteiger partial charge in [0.05, 0.1) is 0 Å². The monoisotopic (exact) mass is 235 g/mol. The van der Waals surface area contributed by atoms with Gasteiger partial charge in [-0.3, -0.25) is 0 Å². The van der Waals surface area contributed by atoms with Gasteiger partial charge in [0.1, 0.15) is 0 Å². The molecule has 0 aromatic heterocycles. The van der Waals surface area contributed by atoms with Crippen LogP contribution in [0.3, 0.4) is 0 Å². The smallest absolute Gasteiger partial charge is 0.279 e. The standard InChI is InChI=1S/C9H21N3O2S/c1-3-12(4-2)15(13,14)11-8-7-10-9-5-6-9/h9-11H,3-8H2,1-2H3. The van der Waals surface area contributed by atoms with Crippen LogP contribution in [0.1, 0.15) is 26.7 Å². The highest BCUT2D eigenvalue weighted by Gasteiger charge is 2.21. The van der Waals surface area contributed by atoms with E-state index in [-0.39, 0.29) is 0 Å². The molecule has 0 aliphatic heterocycles. The van der Waals surface area contributed by atoms with Gasteiger partial charge in [0.15, 0.2) is 0 Å². The van der Waals surface area contributed by atoms with Crippen LogP contribution in [0.5, 0.6) is 0 Å². The van der Waals surface area contributed by atoms with Crippen LogP contribution in [0.4, 0.5) is 0 Å². The lowest BCUT2D eigenvalue weighted by atomic mass is 10.6. The van der Waals surface area contributed by atoms with Gasteiger partial charge in [-0.2, -0.15) is 12.7 Å². The summed E-state index contributed by atoms with van der Waals surface area (Å²) in [7, 11) is -3.26. The molecule has 0 heterocycles. The molecule has 0 saturated heterocycles. The lowest BCUT2D eigenvalue weighted by Crippen LogP contribution is -2.43. The van der Waals surface area contributed by atoms with Gasteiger partial charge in [-0.15, -0.1) is 0 Å². The Kier molecular flexibility index (Phi) is 4.98. The number of hydrogen-bond acceptors (Lipinski definition) is 3. The minimum Gasteiger partial charge on any atom is -0.313 e. The maximum atomic E-state index is 11.6. The summed E-state index contributed by atoms with van der Waals surface area (Å²) in [6.45, 7) is 5.89. The molecular weight excluding hydrogens is 214 g/mol. The highest BCUT2D eigenvalue weighted by atomic mass is 32.2. The minimum absolute atomic E-state index is 0.468. The second-order valence-electron chi connectivity index (χ2n) is 3.71. The molecule has 5 nitrogen and oxygen atoms in total. The second-order valence-corrected chi connectivity index (χ2v) is 5.47. The molecule has 90 valence electrons. The molecule has 1 rings (SSSR count). The maximum absolute atomic E-state index is 11.6. The first-order chi connectivity index (χ1) is 7.10. The maximum Gasteiger partial charge on any atom is 0.279 e. The minimum atomic E-state index is -3.26. The van der Waals surface area contributed by atoms with Crippen LogP contribution in [0.15, 0.2) is 0 Å². The van der Waals surface area contributed by atoms with Crippen molar-refractivity contribution in [3.8, 4) is 0 Å². The summed E-state index contributed by atoms with van der Waals surface area (Å²) in [6, 6.07) is 0.628. The highest BCUT2D eigenvalue weighted by Crippen LogP contribution is 2.17. The average Bonchev–Trinajstić information content (AvgIpc) is 2.97. The molecule has 0 unspecified atom stereocenters. The largest absolute Gasteiger partial charge is 0.313 e. The number of nitrogens with one attached hydrogen (secondary N) is 2. The fourth-order valence-electron chi connectivity index (χ4n) is 1.40. The van der Waals surface area contributed by atoms with Gasteiger partial charge in [0.2, 0.25) is 0 Å². The Morgan fingerprint density at radius 1 is 1.20 bits per heavy atom. The normalized spacial score (nSPS) is 17.3. The summed E-state index contributed by atoms with van der Waals surface area (Å²) in [5.41, 5.74) is 0. The van der Waals surface area contributed by atoms with Crippen LogP contribution >= 0.6 is 0 Å². The van der Waals surface area contributed by atoms with Crippen molar-refractivity contribution in [2.45, 2.75) is 32.7 Å². The van der Waals surface area contributed by atoms with Crippen LogP contribution in [0, 0.1) is 0 Å². The zero-order valence-electron chi connectivity index (χ0n) is 9.49. The topological polar surface area (TPSA) is 61.4 Å². The van der Waals surface area contributed by atoms with E-state index in [1.165, 1.54) is 17.1 Å². The first-order valence-electron chi connectivity index (χ1n) is 5.58. The highest BCUT2D eigenvalue weighted by molar-refractivity contribution is 7.87. The molecule has 0 aromatic carbocycles. The Bertz CT molecular complexity index is 271. The number of rotatable bonds is 8. The van der Waals surface area contributed by atoms with Crippen molar-refractivity contribution in [1.29, 1.82) is 0 Å². The molecule has 0 atom stereocenters. The Labute approximate surface area is 92.4 Å². The molecule has 0 bridgehead atoms. The molecule has 15 heavy (non-hydrogen) atoms. The van der Waals surface area contributed by atoms with E-state index in [4.69, 9.17) is 0 Å². The van der Waals surface area contributed by atoms with Crippen molar-refractivity contribution >= 4 is 10.2 Å². The summed E-state index contributed by atoms with van der Waals surface area (Å²) in [5, 5.41) is 3.26. The van der Waals surface area contributed by atoms with Gasteiger partial charge in [-0.05, 0) is 12.8 Å². The van der Waals surface area contributed by atoms with Crippen LogP contribution in [0.2, 0.25) is 0 Å². The molecule has 6 heteroatoms. The van der Waals surface area contributed by atoms with Gasteiger partial charge in [-0.1, -0.05) is 13.8 Å². The summed E-state index contributed by atoms with van der Waals surface area (Å²) >= 11 is 0. The van der Waals surface area contributed by atoms with Crippen LogP contribution in [-0.2, 0) is 10.2 Å². The molecule has 2 N–H and O–H groups in total. The van der Waals surface area contributed by atoms with Gasteiger partial charge in [0, 0.05) is 32.2 Å². The number of nitrogens with zero attached hydrogens (tertiary/aromatic N) is 1. The fraction of sp³-hybridized carbons (Fsp3) is 1.00. The zero-order chi connectivity index (χ0) is 11.3. The van der Waals surface area contributed by atoms with E-state index in [0.29, 0.717) is 32.2 Å². The van der Waals surface area contributed by atoms with Crippen LogP contribution < -0.4 is 10.0 Å². The molecule has 1 fully saturated rings. The van der Waals surface area contributed by atoms with Gasteiger partial charge >= 0.3 is 0 Å². The Morgan fingerprint density at radius 2 is 1.80 bits per heavy atom. The van der Waals surface area contributed by atoms with E-state index in [1.807, 2.05) is 13.8 Å². The van der Waals surface area contributed by atoms with E-state index in [1.54, 1.807) is 0 Å². The molecule has 1 aliphatic carbocycles. The van der Waals surface area contributed by atoms with E-state index in [2.05, 4.69) is 10.0 Å². The van der Waals surface area contributed by atoms with Gasteiger partial charge < -0.3 is 5.32 Å².